The van der Waals surface area contributed by atoms with Crippen LogP contribution in [0.2, 0.25) is 0 Å². The number of hydrogen-bond acceptors (Lipinski definition) is 2. The monoisotopic (exact) mass is 306 g/mol. The molecule has 2 N–H and O–H groups in total. The van der Waals surface area contributed by atoms with Gasteiger partial charge in [-0.3, -0.25) is 9.59 Å². The first kappa shape index (κ1) is 16.5. The number of benzene rings is 1. The molecule has 120 valence electrons. The van der Waals surface area contributed by atoms with Crippen molar-refractivity contribution in [3.8, 4) is 0 Å². The van der Waals surface area contributed by atoms with E-state index in [4.69, 9.17) is 0 Å². The highest BCUT2D eigenvalue weighted by Crippen LogP contribution is 2.17. The third-order valence-electron chi connectivity index (χ3n) is 3.97. The summed E-state index contributed by atoms with van der Waals surface area (Å²) in [5, 5.41) is 5.59. The van der Waals surface area contributed by atoms with Crippen LogP contribution < -0.4 is 10.6 Å². The number of halogens is 1. The summed E-state index contributed by atoms with van der Waals surface area (Å²) in [5.41, 5.74) is 0.906. The molecule has 0 atom stereocenters. The summed E-state index contributed by atoms with van der Waals surface area (Å²) in [6.45, 7) is 0.0265. The number of hydrogen-bond donors (Lipinski definition) is 2. The SMILES string of the molecule is O=C(CCc1ccc(F)cc1)NCC(=O)NC1CCCCC1. The standard InChI is InChI=1S/C17H23FN2O2/c18-14-9-6-13(7-10-14)8-11-16(21)19-12-17(22)20-15-4-2-1-3-5-15/h6-7,9-10,15H,1-5,8,11-12H2,(H,19,21)(H,20,22). The molecule has 0 bridgehead atoms. The fourth-order valence-corrected chi connectivity index (χ4v) is 2.70. The maximum absolute atomic E-state index is 12.8. The lowest BCUT2D eigenvalue weighted by Crippen LogP contribution is -2.42. The van der Waals surface area contributed by atoms with Gasteiger partial charge in [-0.15, -0.1) is 0 Å². The molecule has 1 aromatic rings. The van der Waals surface area contributed by atoms with Crippen LogP contribution in [0.15, 0.2) is 24.3 Å². The number of aryl methyl sites for hydroxylation is 1. The van der Waals surface area contributed by atoms with Crippen molar-refractivity contribution in [2.45, 2.75) is 51.0 Å². The molecule has 2 amide bonds. The number of rotatable bonds is 6. The first-order chi connectivity index (χ1) is 10.6. The van der Waals surface area contributed by atoms with E-state index in [0.717, 1.165) is 31.2 Å². The van der Waals surface area contributed by atoms with Gasteiger partial charge in [-0.25, -0.2) is 4.39 Å². The summed E-state index contributed by atoms with van der Waals surface area (Å²) in [4.78, 5) is 23.5. The Morgan fingerprint density at radius 2 is 1.73 bits per heavy atom. The Hall–Kier alpha value is -1.91. The Balaban J connectivity index is 1.62. The van der Waals surface area contributed by atoms with E-state index >= 15 is 0 Å². The van der Waals surface area contributed by atoms with Crippen molar-refractivity contribution < 1.29 is 14.0 Å². The second-order valence-electron chi connectivity index (χ2n) is 5.81. The highest BCUT2D eigenvalue weighted by molar-refractivity contribution is 5.84. The topological polar surface area (TPSA) is 58.2 Å². The van der Waals surface area contributed by atoms with Gasteiger partial charge in [0.05, 0.1) is 6.54 Å². The van der Waals surface area contributed by atoms with E-state index in [1.54, 1.807) is 12.1 Å². The van der Waals surface area contributed by atoms with Crippen molar-refractivity contribution in [1.82, 2.24) is 10.6 Å². The van der Waals surface area contributed by atoms with Gasteiger partial charge in [-0.2, -0.15) is 0 Å². The minimum Gasteiger partial charge on any atom is -0.352 e. The Kier molecular flexibility index (Phi) is 6.37. The van der Waals surface area contributed by atoms with Gasteiger partial charge in [0, 0.05) is 12.5 Å². The molecule has 2 rings (SSSR count). The number of nitrogens with one attached hydrogen (secondary N) is 2. The zero-order chi connectivity index (χ0) is 15.8. The summed E-state index contributed by atoms with van der Waals surface area (Å²) in [6, 6.07) is 6.35. The average Bonchev–Trinajstić information content (AvgIpc) is 2.53. The first-order valence-corrected chi connectivity index (χ1v) is 7.94. The van der Waals surface area contributed by atoms with Gasteiger partial charge in [-0.1, -0.05) is 31.4 Å². The number of carbonyl (C=O) groups excluding carboxylic acids is 2. The third kappa shape index (κ3) is 5.84. The van der Waals surface area contributed by atoms with E-state index in [-0.39, 0.29) is 30.2 Å². The number of amides is 2. The average molecular weight is 306 g/mol. The third-order valence-corrected chi connectivity index (χ3v) is 3.97. The van der Waals surface area contributed by atoms with Crippen molar-refractivity contribution >= 4 is 11.8 Å². The van der Waals surface area contributed by atoms with Crippen molar-refractivity contribution in [3.05, 3.63) is 35.6 Å². The van der Waals surface area contributed by atoms with E-state index in [1.807, 2.05) is 0 Å². The predicted molar refractivity (Wildman–Crippen MR) is 82.7 cm³/mol. The van der Waals surface area contributed by atoms with Gasteiger partial charge in [0.1, 0.15) is 5.82 Å². The molecule has 5 heteroatoms. The second-order valence-corrected chi connectivity index (χ2v) is 5.81. The van der Waals surface area contributed by atoms with Gasteiger partial charge in [0.15, 0.2) is 0 Å². The Morgan fingerprint density at radius 3 is 2.41 bits per heavy atom. The molecule has 0 aliphatic heterocycles. The lowest BCUT2D eigenvalue weighted by atomic mass is 9.95. The molecule has 0 saturated heterocycles. The lowest BCUT2D eigenvalue weighted by molar-refractivity contribution is -0.126. The summed E-state index contributed by atoms with van der Waals surface area (Å²) < 4.78 is 12.8. The zero-order valence-electron chi connectivity index (χ0n) is 12.7. The molecule has 1 aromatic carbocycles. The maximum Gasteiger partial charge on any atom is 0.239 e. The minimum atomic E-state index is -0.285. The van der Waals surface area contributed by atoms with Crippen LogP contribution in [0.4, 0.5) is 4.39 Å². The van der Waals surface area contributed by atoms with Crippen molar-refractivity contribution in [2.75, 3.05) is 6.54 Å². The molecule has 1 saturated carbocycles. The van der Waals surface area contributed by atoms with E-state index < -0.39 is 0 Å². The zero-order valence-corrected chi connectivity index (χ0v) is 12.7. The molecule has 0 spiro atoms. The van der Waals surface area contributed by atoms with Crippen LogP contribution in [0.1, 0.15) is 44.1 Å². The molecule has 0 aromatic heterocycles. The number of carbonyl (C=O) groups is 2. The van der Waals surface area contributed by atoms with E-state index in [0.29, 0.717) is 12.8 Å². The maximum atomic E-state index is 12.8. The van der Waals surface area contributed by atoms with Gasteiger partial charge in [-0.05, 0) is 37.0 Å². The molecule has 0 unspecified atom stereocenters. The van der Waals surface area contributed by atoms with Crippen LogP contribution in [-0.4, -0.2) is 24.4 Å². The fourth-order valence-electron chi connectivity index (χ4n) is 2.70. The predicted octanol–water partition coefficient (Wildman–Crippen LogP) is 2.32. The van der Waals surface area contributed by atoms with E-state index in [1.165, 1.54) is 18.6 Å². The molecule has 1 fully saturated rings. The first-order valence-electron chi connectivity index (χ1n) is 7.94. The van der Waals surface area contributed by atoms with Gasteiger partial charge in [0.25, 0.3) is 0 Å². The van der Waals surface area contributed by atoms with Crippen LogP contribution in [-0.2, 0) is 16.0 Å². The summed E-state index contributed by atoms with van der Waals surface area (Å²) in [7, 11) is 0. The Bertz CT molecular complexity index is 496. The molecule has 0 heterocycles. The molecule has 22 heavy (non-hydrogen) atoms. The second kappa shape index (κ2) is 8.51. The molecule has 1 aliphatic carbocycles. The van der Waals surface area contributed by atoms with Crippen molar-refractivity contribution in [3.63, 3.8) is 0 Å². The summed E-state index contributed by atoms with van der Waals surface area (Å²) in [6.07, 6.45) is 6.46. The Labute approximate surface area is 130 Å². The van der Waals surface area contributed by atoms with Crippen molar-refractivity contribution in [2.24, 2.45) is 0 Å². The molecular formula is C17H23FN2O2. The van der Waals surface area contributed by atoms with Gasteiger partial charge >= 0.3 is 0 Å². The van der Waals surface area contributed by atoms with Gasteiger partial charge in [0.2, 0.25) is 11.8 Å². The molecular weight excluding hydrogens is 283 g/mol. The molecule has 4 nitrogen and oxygen atoms in total. The fraction of sp³-hybridized carbons (Fsp3) is 0.529. The molecule has 0 radical (unpaired) electrons. The van der Waals surface area contributed by atoms with Crippen LogP contribution in [0.3, 0.4) is 0 Å². The van der Waals surface area contributed by atoms with E-state index in [2.05, 4.69) is 10.6 Å². The van der Waals surface area contributed by atoms with Crippen LogP contribution >= 0.6 is 0 Å². The minimum absolute atomic E-state index is 0.0265. The smallest absolute Gasteiger partial charge is 0.239 e. The summed E-state index contributed by atoms with van der Waals surface area (Å²) >= 11 is 0. The van der Waals surface area contributed by atoms with Crippen LogP contribution in [0.5, 0.6) is 0 Å². The van der Waals surface area contributed by atoms with Gasteiger partial charge < -0.3 is 10.6 Å². The van der Waals surface area contributed by atoms with Crippen LogP contribution in [0, 0.1) is 5.82 Å². The molecule has 1 aliphatic rings. The normalized spacial score (nSPS) is 15.3. The highest BCUT2D eigenvalue weighted by atomic mass is 19.1. The quantitative estimate of drug-likeness (QED) is 0.847. The largest absolute Gasteiger partial charge is 0.352 e. The Morgan fingerprint density at radius 1 is 1.05 bits per heavy atom. The highest BCUT2D eigenvalue weighted by Gasteiger charge is 2.15. The summed E-state index contributed by atoms with van der Waals surface area (Å²) in [5.74, 6) is -0.572. The lowest BCUT2D eigenvalue weighted by Gasteiger charge is -2.22. The van der Waals surface area contributed by atoms with Crippen LogP contribution in [0.25, 0.3) is 0 Å². The van der Waals surface area contributed by atoms with Crippen molar-refractivity contribution in [1.29, 1.82) is 0 Å². The van der Waals surface area contributed by atoms with E-state index in [9.17, 15) is 14.0 Å².